The Kier molecular flexibility index (Phi) is 7.31. The molecule has 1 fully saturated rings. The molecule has 0 saturated carbocycles. The van der Waals surface area contributed by atoms with Crippen LogP contribution in [0.3, 0.4) is 0 Å². The number of benzene rings is 2. The predicted octanol–water partition coefficient (Wildman–Crippen LogP) is 3.33. The molecule has 1 heterocycles. The van der Waals surface area contributed by atoms with Crippen molar-refractivity contribution in [3.05, 3.63) is 60.2 Å². The standard InChI is InChI=1S/C23H30N2O3/c1-24(23(27)18-28-22-14-6-5-13-21(22)26)20-12-8-16-25(17-20)15-7-11-19-9-3-2-4-10-19/h2-6,9-10,13-14,20,26H,7-8,11-12,15-18H2,1H3/t20-/m1/s1. The van der Waals surface area contributed by atoms with Gasteiger partial charge in [-0.25, -0.2) is 0 Å². The summed E-state index contributed by atoms with van der Waals surface area (Å²) in [6, 6.07) is 17.5. The van der Waals surface area contributed by atoms with Gasteiger partial charge in [0.1, 0.15) is 0 Å². The number of carbonyl (C=O) groups excluding carboxylic acids is 1. The first kappa shape index (κ1) is 20.2. The molecule has 5 nitrogen and oxygen atoms in total. The van der Waals surface area contributed by atoms with Gasteiger partial charge in [-0.05, 0) is 56.5 Å². The van der Waals surface area contributed by atoms with Crippen LogP contribution in [-0.4, -0.2) is 60.1 Å². The third kappa shape index (κ3) is 5.73. The number of likely N-dealkylation sites (tertiary alicyclic amines) is 1. The van der Waals surface area contributed by atoms with Crippen LogP contribution in [0.15, 0.2) is 54.6 Å². The summed E-state index contributed by atoms with van der Waals surface area (Å²) in [6.07, 6.45) is 4.35. The number of aromatic hydroxyl groups is 1. The van der Waals surface area contributed by atoms with E-state index in [9.17, 15) is 9.90 Å². The summed E-state index contributed by atoms with van der Waals surface area (Å²) < 4.78 is 5.50. The van der Waals surface area contributed by atoms with E-state index in [1.54, 1.807) is 24.3 Å². The van der Waals surface area contributed by atoms with Crippen molar-refractivity contribution < 1.29 is 14.6 Å². The Labute approximate surface area is 167 Å². The second kappa shape index (κ2) is 10.1. The lowest BCUT2D eigenvalue weighted by Crippen LogP contribution is -2.49. The van der Waals surface area contributed by atoms with Gasteiger partial charge in [0.2, 0.25) is 0 Å². The van der Waals surface area contributed by atoms with Gasteiger partial charge in [0.15, 0.2) is 18.1 Å². The van der Waals surface area contributed by atoms with Crippen LogP contribution in [0.25, 0.3) is 0 Å². The topological polar surface area (TPSA) is 53.0 Å². The van der Waals surface area contributed by atoms with Gasteiger partial charge in [-0.1, -0.05) is 42.5 Å². The van der Waals surface area contributed by atoms with Crippen molar-refractivity contribution in [3.63, 3.8) is 0 Å². The Hall–Kier alpha value is -2.53. The number of hydrogen-bond acceptors (Lipinski definition) is 4. The van der Waals surface area contributed by atoms with Gasteiger partial charge >= 0.3 is 0 Å². The number of likely N-dealkylation sites (N-methyl/N-ethyl adjacent to an activating group) is 1. The molecule has 0 spiro atoms. The molecule has 5 heteroatoms. The summed E-state index contributed by atoms with van der Waals surface area (Å²) in [5.41, 5.74) is 1.38. The fraction of sp³-hybridized carbons (Fsp3) is 0.435. The number of ether oxygens (including phenoxy) is 1. The largest absolute Gasteiger partial charge is 0.504 e. The summed E-state index contributed by atoms with van der Waals surface area (Å²) in [5.74, 6) is 0.343. The van der Waals surface area contributed by atoms with E-state index in [4.69, 9.17) is 4.74 Å². The number of rotatable bonds is 8. The Morgan fingerprint density at radius 3 is 2.71 bits per heavy atom. The van der Waals surface area contributed by atoms with Crippen molar-refractivity contribution in [2.24, 2.45) is 0 Å². The first-order valence-electron chi connectivity index (χ1n) is 10.1. The third-order valence-electron chi connectivity index (χ3n) is 5.42. The van der Waals surface area contributed by atoms with E-state index in [1.165, 1.54) is 5.56 Å². The molecule has 1 aliphatic rings. The quantitative estimate of drug-likeness (QED) is 0.761. The summed E-state index contributed by atoms with van der Waals surface area (Å²) in [7, 11) is 1.86. The average Bonchev–Trinajstić information content (AvgIpc) is 2.73. The fourth-order valence-corrected chi connectivity index (χ4v) is 3.73. The van der Waals surface area contributed by atoms with E-state index >= 15 is 0 Å². The molecule has 1 saturated heterocycles. The monoisotopic (exact) mass is 382 g/mol. The van der Waals surface area contributed by atoms with Gasteiger partial charge in [-0.15, -0.1) is 0 Å². The maximum atomic E-state index is 12.5. The van der Waals surface area contributed by atoms with Crippen LogP contribution < -0.4 is 4.74 Å². The number of phenolic OH excluding ortho intramolecular Hbond substituents is 1. The van der Waals surface area contributed by atoms with Crippen molar-refractivity contribution in [2.45, 2.75) is 31.7 Å². The maximum Gasteiger partial charge on any atom is 0.260 e. The molecule has 1 atom stereocenters. The molecule has 150 valence electrons. The fourth-order valence-electron chi connectivity index (χ4n) is 3.73. The maximum absolute atomic E-state index is 12.5. The van der Waals surface area contributed by atoms with Crippen LogP contribution in [0, 0.1) is 0 Å². The van der Waals surface area contributed by atoms with Gasteiger partial charge in [-0.2, -0.15) is 0 Å². The summed E-state index contributed by atoms with van der Waals surface area (Å²) in [6.45, 7) is 3.01. The first-order chi connectivity index (χ1) is 13.6. The predicted molar refractivity (Wildman–Crippen MR) is 111 cm³/mol. The number of phenols is 1. The second-order valence-electron chi connectivity index (χ2n) is 7.45. The van der Waals surface area contributed by atoms with E-state index in [0.717, 1.165) is 45.3 Å². The first-order valence-corrected chi connectivity index (χ1v) is 10.1. The number of piperidine rings is 1. The molecule has 0 radical (unpaired) electrons. The van der Waals surface area contributed by atoms with Gasteiger partial charge in [0.25, 0.3) is 5.91 Å². The van der Waals surface area contributed by atoms with Crippen molar-refractivity contribution in [3.8, 4) is 11.5 Å². The van der Waals surface area contributed by atoms with Crippen LogP contribution >= 0.6 is 0 Å². The van der Waals surface area contributed by atoms with E-state index in [2.05, 4.69) is 35.2 Å². The smallest absolute Gasteiger partial charge is 0.260 e. The third-order valence-corrected chi connectivity index (χ3v) is 5.42. The number of para-hydroxylation sites is 2. The molecule has 3 rings (SSSR count). The Morgan fingerprint density at radius 1 is 1.18 bits per heavy atom. The van der Waals surface area contributed by atoms with Gasteiger partial charge < -0.3 is 19.6 Å². The minimum atomic E-state index is -0.0570. The highest BCUT2D eigenvalue weighted by Crippen LogP contribution is 2.24. The van der Waals surface area contributed by atoms with E-state index in [-0.39, 0.29) is 24.3 Å². The van der Waals surface area contributed by atoms with Crippen molar-refractivity contribution in [1.29, 1.82) is 0 Å². The molecule has 0 bridgehead atoms. The zero-order chi connectivity index (χ0) is 19.8. The lowest BCUT2D eigenvalue weighted by molar-refractivity contribution is -0.135. The average molecular weight is 383 g/mol. The second-order valence-corrected chi connectivity index (χ2v) is 7.45. The summed E-state index contributed by atoms with van der Waals surface area (Å²) >= 11 is 0. The highest BCUT2D eigenvalue weighted by molar-refractivity contribution is 5.78. The van der Waals surface area contributed by atoms with E-state index in [0.29, 0.717) is 5.75 Å². The van der Waals surface area contributed by atoms with Crippen LogP contribution in [0.5, 0.6) is 11.5 Å². The minimum Gasteiger partial charge on any atom is -0.504 e. The number of carbonyl (C=O) groups is 1. The number of aryl methyl sites for hydroxylation is 1. The summed E-state index contributed by atoms with van der Waals surface area (Å²) in [5, 5.41) is 9.75. The highest BCUT2D eigenvalue weighted by Gasteiger charge is 2.26. The van der Waals surface area contributed by atoms with E-state index in [1.807, 2.05) is 11.9 Å². The minimum absolute atomic E-state index is 0.0558. The number of nitrogens with zero attached hydrogens (tertiary/aromatic N) is 2. The molecule has 1 amide bonds. The zero-order valence-electron chi connectivity index (χ0n) is 16.6. The molecule has 2 aromatic carbocycles. The molecule has 1 N–H and O–H groups in total. The molecule has 1 aliphatic heterocycles. The lowest BCUT2D eigenvalue weighted by atomic mass is 10.0. The van der Waals surface area contributed by atoms with Crippen LogP contribution in [0.2, 0.25) is 0 Å². The van der Waals surface area contributed by atoms with Crippen molar-refractivity contribution >= 4 is 5.91 Å². The van der Waals surface area contributed by atoms with E-state index < -0.39 is 0 Å². The molecule has 0 aromatic heterocycles. The number of amides is 1. The van der Waals surface area contributed by atoms with Gasteiger partial charge in [0, 0.05) is 19.6 Å². The Morgan fingerprint density at radius 2 is 1.93 bits per heavy atom. The van der Waals surface area contributed by atoms with Crippen molar-refractivity contribution in [2.75, 3.05) is 33.3 Å². The summed E-state index contributed by atoms with van der Waals surface area (Å²) in [4.78, 5) is 16.8. The highest BCUT2D eigenvalue weighted by atomic mass is 16.5. The van der Waals surface area contributed by atoms with Crippen LogP contribution in [0.1, 0.15) is 24.8 Å². The molecular formula is C23H30N2O3. The Balaban J connectivity index is 1.43. The number of hydrogen-bond donors (Lipinski definition) is 1. The molecule has 2 aromatic rings. The zero-order valence-corrected chi connectivity index (χ0v) is 16.6. The van der Waals surface area contributed by atoms with Crippen molar-refractivity contribution in [1.82, 2.24) is 9.80 Å². The Bertz CT molecular complexity index is 751. The van der Waals surface area contributed by atoms with Gasteiger partial charge in [-0.3, -0.25) is 4.79 Å². The molecule has 28 heavy (non-hydrogen) atoms. The molecule has 0 unspecified atom stereocenters. The van der Waals surface area contributed by atoms with Crippen LogP contribution in [-0.2, 0) is 11.2 Å². The normalized spacial score (nSPS) is 17.2. The SMILES string of the molecule is CN(C(=O)COc1ccccc1O)[C@@H]1CCCN(CCCc2ccccc2)C1. The van der Waals surface area contributed by atoms with Crippen LogP contribution in [0.4, 0.5) is 0 Å². The molecular weight excluding hydrogens is 352 g/mol. The molecule has 0 aliphatic carbocycles. The van der Waals surface area contributed by atoms with Gasteiger partial charge in [0.05, 0.1) is 0 Å². The lowest BCUT2D eigenvalue weighted by Gasteiger charge is -2.37.